The fourth-order valence-electron chi connectivity index (χ4n) is 4.50. The Hall–Kier alpha value is -4.40. The molecule has 0 bridgehead atoms. The van der Waals surface area contributed by atoms with Crippen LogP contribution in [0.4, 0.5) is 20.6 Å². The number of carbonyl (C=O) groups is 3. The number of likely N-dealkylation sites (tertiary alicyclic amines) is 1. The molecule has 1 aliphatic rings. The van der Waals surface area contributed by atoms with Crippen LogP contribution in [0.2, 0.25) is 0 Å². The van der Waals surface area contributed by atoms with Crippen LogP contribution in [0.3, 0.4) is 0 Å². The Morgan fingerprint density at radius 2 is 1.63 bits per heavy atom. The lowest BCUT2D eigenvalue weighted by Crippen LogP contribution is -2.45. The lowest BCUT2D eigenvalue weighted by atomic mass is 10.0. The molecule has 9 heteroatoms. The lowest BCUT2D eigenvalue weighted by molar-refractivity contribution is -0.119. The number of nitrogens with zero attached hydrogens (tertiary/aromatic N) is 1. The smallest absolute Gasteiger partial charge is 0.338 e. The van der Waals surface area contributed by atoms with Crippen LogP contribution in [0.25, 0.3) is 11.1 Å². The molecule has 4 rings (SSSR count). The fourth-order valence-corrected chi connectivity index (χ4v) is 4.50. The van der Waals surface area contributed by atoms with E-state index in [1.54, 1.807) is 24.3 Å². The Morgan fingerprint density at radius 1 is 1.00 bits per heavy atom. The molecule has 198 valence electrons. The maximum absolute atomic E-state index is 14.3. The van der Waals surface area contributed by atoms with Gasteiger partial charge in [-0.05, 0) is 66.3 Å². The van der Waals surface area contributed by atoms with Crippen molar-refractivity contribution in [3.63, 3.8) is 0 Å². The zero-order valence-corrected chi connectivity index (χ0v) is 21.5. The second-order valence-corrected chi connectivity index (χ2v) is 9.46. The van der Waals surface area contributed by atoms with Gasteiger partial charge < -0.3 is 25.4 Å². The molecule has 1 aliphatic heterocycles. The van der Waals surface area contributed by atoms with Crippen molar-refractivity contribution >= 4 is 29.3 Å². The summed E-state index contributed by atoms with van der Waals surface area (Å²) in [5, 5.41) is 14.9. The third-order valence-corrected chi connectivity index (χ3v) is 6.63. The first-order valence-corrected chi connectivity index (χ1v) is 12.4. The van der Waals surface area contributed by atoms with Crippen LogP contribution in [0, 0.1) is 5.82 Å². The third kappa shape index (κ3) is 5.77. The minimum Gasteiger partial charge on any atom is -0.496 e. The summed E-state index contributed by atoms with van der Waals surface area (Å²) in [6.07, 6.45) is 1.27. The number of aromatic carboxylic acids is 1. The molecule has 1 fully saturated rings. The standard InChI is InChI=1S/C29H30FN3O5/c1-17(2)18-6-10-21(11-7-18)32-29(37)33-14-4-5-25(33)27(34)31-20-12-8-19(9-13-20)22-15-24(30)23(28(35)36)16-26(22)38-3/h6-13,15-17,25H,4-5,14H2,1-3H3,(H,31,34)(H,32,37)(H,35,36)/t25-/m1/s1. The van der Waals surface area contributed by atoms with E-state index >= 15 is 0 Å². The van der Waals surface area contributed by atoms with Gasteiger partial charge in [0.1, 0.15) is 17.6 Å². The molecule has 0 spiro atoms. The van der Waals surface area contributed by atoms with Gasteiger partial charge in [-0.15, -0.1) is 0 Å². The number of carboxylic acid groups (broad SMARTS) is 1. The number of nitrogens with one attached hydrogen (secondary N) is 2. The largest absolute Gasteiger partial charge is 0.496 e. The summed E-state index contributed by atoms with van der Waals surface area (Å²) in [6, 6.07) is 15.6. The number of hydrogen-bond donors (Lipinski definition) is 3. The number of methoxy groups -OCH3 is 1. The van der Waals surface area contributed by atoms with Crippen molar-refractivity contribution in [2.45, 2.75) is 38.6 Å². The second kappa shape index (κ2) is 11.3. The predicted molar refractivity (Wildman–Crippen MR) is 143 cm³/mol. The van der Waals surface area contributed by atoms with Gasteiger partial charge in [0.2, 0.25) is 5.91 Å². The van der Waals surface area contributed by atoms with E-state index in [-0.39, 0.29) is 17.7 Å². The number of amides is 3. The SMILES string of the molecule is COc1cc(C(=O)O)c(F)cc1-c1ccc(NC(=O)[C@H]2CCCN2C(=O)Nc2ccc(C(C)C)cc2)cc1. The van der Waals surface area contributed by atoms with Crippen molar-refractivity contribution in [3.05, 3.63) is 77.6 Å². The molecular formula is C29H30FN3O5. The van der Waals surface area contributed by atoms with Crippen LogP contribution in [-0.2, 0) is 4.79 Å². The fraction of sp³-hybridized carbons (Fsp3) is 0.276. The predicted octanol–water partition coefficient (Wildman–Crippen LogP) is 5.96. The van der Waals surface area contributed by atoms with Gasteiger partial charge in [-0.3, -0.25) is 4.79 Å². The Bertz CT molecular complexity index is 1340. The molecule has 0 radical (unpaired) electrons. The van der Waals surface area contributed by atoms with E-state index in [2.05, 4.69) is 24.5 Å². The van der Waals surface area contributed by atoms with Crippen molar-refractivity contribution in [2.24, 2.45) is 0 Å². The monoisotopic (exact) mass is 519 g/mol. The van der Waals surface area contributed by atoms with Gasteiger partial charge in [0, 0.05) is 23.5 Å². The Balaban J connectivity index is 1.43. The minimum atomic E-state index is -1.39. The Morgan fingerprint density at radius 3 is 2.24 bits per heavy atom. The van der Waals surface area contributed by atoms with Gasteiger partial charge in [0.25, 0.3) is 0 Å². The highest BCUT2D eigenvalue weighted by Gasteiger charge is 2.34. The van der Waals surface area contributed by atoms with Crippen molar-refractivity contribution in [3.8, 4) is 16.9 Å². The summed E-state index contributed by atoms with van der Waals surface area (Å²) >= 11 is 0. The van der Waals surface area contributed by atoms with E-state index in [1.165, 1.54) is 17.6 Å². The third-order valence-electron chi connectivity index (χ3n) is 6.63. The molecule has 3 N–H and O–H groups in total. The van der Waals surface area contributed by atoms with Crippen LogP contribution in [0.15, 0.2) is 60.7 Å². The summed E-state index contributed by atoms with van der Waals surface area (Å²) in [5.74, 6) is -1.95. The number of anilines is 2. The molecule has 3 amide bonds. The molecule has 0 aromatic heterocycles. The first-order chi connectivity index (χ1) is 18.2. The van der Waals surface area contributed by atoms with Gasteiger partial charge >= 0.3 is 12.0 Å². The van der Waals surface area contributed by atoms with E-state index < -0.39 is 23.4 Å². The molecule has 8 nitrogen and oxygen atoms in total. The molecule has 0 aliphatic carbocycles. The first-order valence-electron chi connectivity index (χ1n) is 12.4. The summed E-state index contributed by atoms with van der Waals surface area (Å²) < 4.78 is 19.5. The van der Waals surface area contributed by atoms with Gasteiger partial charge in [-0.1, -0.05) is 38.1 Å². The normalized spacial score (nSPS) is 14.9. The van der Waals surface area contributed by atoms with Gasteiger partial charge in [0.15, 0.2) is 0 Å². The highest BCUT2D eigenvalue weighted by atomic mass is 19.1. The Labute approximate surface area is 220 Å². The van der Waals surface area contributed by atoms with E-state index in [1.807, 2.05) is 24.3 Å². The maximum atomic E-state index is 14.3. The van der Waals surface area contributed by atoms with Crippen molar-refractivity contribution in [2.75, 3.05) is 24.3 Å². The maximum Gasteiger partial charge on any atom is 0.338 e. The topological polar surface area (TPSA) is 108 Å². The molecule has 1 heterocycles. The number of hydrogen-bond acceptors (Lipinski definition) is 4. The van der Waals surface area contributed by atoms with Crippen molar-refractivity contribution in [1.29, 1.82) is 0 Å². The number of carbonyl (C=O) groups excluding carboxylic acids is 2. The van der Waals surface area contributed by atoms with Crippen LogP contribution >= 0.6 is 0 Å². The van der Waals surface area contributed by atoms with E-state index in [9.17, 15) is 18.8 Å². The van der Waals surface area contributed by atoms with E-state index in [0.717, 1.165) is 12.1 Å². The Kier molecular flexibility index (Phi) is 7.95. The first kappa shape index (κ1) is 26.7. The number of halogens is 1. The van der Waals surface area contributed by atoms with Crippen molar-refractivity contribution < 1.29 is 28.6 Å². The van der Waals surface area contributed by atoms with Gasteiger partial charge in [-0.25, -0.2) is 14.0 Å². The van der Waals surface area contributed by atoms with Gasteiger partial charge in [-0.2, -0.15) is 0 Å². The summed E-state index contributed by atoms with van der Waals surface area (Å²) in [7, 11) is 1.38. The highest BCUT2D eigenvalue weighted by molar-refractivity contribution is 5.99. The highest BCUT2D eigenvalue weighted by Crippen LogP contribution is 2.33. The molecule has 0 unspecified atom stereocenters. The molecule has 3 aromatic carbocycles. The summed E-state index contributed by atoms with van der Waals surface area (Å²) in [4.78, 5) is 38.7. The van der Waals surface area contributed by atoms with E-state index in [0.29, 0.717) is 47.8 Å². The van der Waals surface area contributed by atoms with Crippen LogP contribution < -0.4 is 15.4 Å². The quantitative estimate of drug-likeness (QED) is 0.357. The van der Waals surface area contributed by atoms with Crippen molar-refractivity contribution in [1.82, 2.24) is 4.90 Å². The number of ether oxygens (including phenoxy) is 1. The second-order valence-electron chi connectivity index (χ2n) is 9.46. The molecule has 1 saturated heterocycles. The molecule has 38 heavy (non-hydrogen) atoms. The average molecular weight is 520 g/mol. The number of carboxylic acids is 1. The zero-order chi connectivity index (χ0) is 27.4. The van der Waals surface area contributed by atoms with E-state index in [4.69, 9.17) is 9.84 Å². The molecule has 3 aromatic rings. The minimum absolute atomic E-state index is 0.215. The number of urea groups is 1. The zero-order valence-electron chi connectivity index (χ0n) is 21.5. The lowest BCUT2D eigenvalue weighted by Gasteiger charge is -2.24. The van der Waals surface area contributed by atoms with Gasteiger partial charge in [0.05, 0.1) is 12.7 Å². The number of rotatable bonds is 7. The average Bonchev–Trinajstić information content (AvgIpc) is 3.40. The molecule has 1 atom stereocenters. The van der Waals surface area contributed by atoms with Crippen LogP contribution in [-0.4, -0.2) is 47.6 Å². The van der Waals surface area contributed by atoms with Crippen LogP contribution in [0.5, 0.6) is 5.75 Å². The number of benzene rings is 3. The molecule has 0 saturated carbocycles. The summed E-state index contributed by atoms with van der Waals surface area (Å²) in [5.41, 5.74) is 2.84. The summed E-state index contributed by atoms with van der Waals surface area (Å²) in [6.45, 7) is 4.68. The van der Waals surface area contributed by atoms with Crippen LogP contribution in [0.1, 0.15) is 48.5 Å². The molecular weight excluding hydrogens is 489 g/mol.